The minimum Gasteiger partial charge on any atom is -0.351 e. The van der Waals surface area contributed by atoms with Crippen molar-refractivity contribution in [3.63, 3.8) is 0 Å². The monoisotopic (exact) mass is 432 g/mol. The van der Waals surface area contributed by atoms with Crippen molar-refractivity contribution in [1.82, 2.24) is 9.55 Å². The number of aryl methyl sites for hydroxylation is 1. The summed E-state index contributed by atoms with van der Waals surface area (Å²) in [7, 11) is 0. The zero-order valence-electron chi connectivity index (χ0n) is 20.1. The zero-order chi connectivity index (χ0) is 23.0. The van der Waals surface area contributed by atoms with Gasteiger partial charge in [0.25, 0.3) is 0 Å². The summed E-state index contributed by atoms with van der Waals surface area (Å²) < 4.78 is 2.34. The molecule has 0 bridgehead atoms. The lowest BCUT2D eigenvalue weighted by Crippen LogP contribution is -2.48. The van der Waals surface area contributed by atoms with Crippen LogP contribution in [0, 0.1) is 6.92 Å². The first-order valence-corrected chi connectivity index (χ1v) is 11.9. The Morgan fingerprint density at radius 1 is 1.09 bits per heavy atom. The van der Waals surface area contributed by atoms with Gasteiger partial charge in [-0.05, 0) is 60.4 Å². The molecule has 0 saturated heterocycles. The smallest absolute Gasteiger partial charge is 0.319 e. The van der Waals surface area contributed by atoms with Crippen LogP contribution in [0.5, 0.6) is 0 Å². The van der Waals surface area contributed by atoms with Gasteiger partial charge in [0.2, 0.25) is 0 Å². The molecular weight excluding hydrogens is 396 g/mol. The second-order valence-corrected chi connectivity index (χ2v) is 10.0. The molecule has 1 aliphatic rings. The minimum absolute atomic E-state index is 0.214. The lowest BCUT2D eigenvalue weighted by molar-refractivity contribution is 0.245. The molecule has 5 heteroatoms. The van der Waals surface area contributed by atoms with E-state index in [1.54, 1.807) is 0 Å². The second-order valence-electron chi connectivity index (χ2n) is 10.0. The van der Waals surface area contributed by atoms with Crippen molar-refractivity contribution < 1.29 is 4.79 Å². The predicted octanol–water partition coefficient (Wildman–Crippen LogP) is 6.45. The maximum atomic E-state index is 13.0. The van der Waals surface area contributed by atoms with Crippen molar-refractivity contribution in [2.24, 2.45) is 5.73 Å². The SMILES string of the molecule is Cc1cn(C2(CN(C(N)=O)c3c(C(C)C)cccc3C(C)C)CCCC2)c2ncccc12. The number of amides is 2. The van der Waals surface area contributed by atoms with Crippen LogP contribution in [-0.2, 0) is 5.54 Å². The molecule has 170 valence electrons. The fraction of sp³-hybridized carbons (Fsp3) is 0.481. The maximum Gasteiger partial charge on any atom is 0.319 e. The van der Waals surface area contributed by atoms with Crippen LogP contribution >= 0.6 is 0 Å². The van der Waals surface area contributed by atoms with E-state index in [1.807, 2.05) is 17.2 Å². The number of hydrogen-bond donors (Lipinski definition) is 1. The summed E-state index contributed by atoms with van der Waals surface area (Å²) in [6.07, 6.45) is 8.38. The molecule has 2 heterocycles. The van der Waals surface area contributed by atoms with Crippen LogP contribution in [0.15, 0.2) is 42.7 Å². The maximum absolute atomic E-state index is 13.0. The topological polar surface area (TPSA) is 64.2 Å². The third-order valence-electron chi connectivity index (χ3n) is 7.14. The molecule has 2 N–H and O–H groups in total. The highest BCUT2D eigenvalue weighted by atomic mass is 16.2. The fourth-order valence-electron chi connectivity index (χ4n) is 5.48. The number of primary amides is 1. The van der Waals surface area contributed by atoms with E-state index in [1.165, 1.54) is 22.1 Å². The van der Waals surface area contributed by atoms with Crippen molar-refractivity contribution >= 4 is 22.8 Å². The molecule has 1 saturated carbocycles. The van der Waals surface area contributed by atoms with E-state index < -0.39 is 0 Å². The first-order chi connectivity index (χ1) is 15.2. The number of carbonyl (C=O) groups is 1. The highest BCUT2D eigenvalue weighted by molar-refractivity contribution is 5.93. The number of rotatable bonds is 6. The quantitative estimate of drug-likeness (QED) is 0.487. The molecule has 0 atom stereocenters. The lowest BCUT2D eigenvalue weighted by Gasteiger charge is -2.38. The molecule has 2 amide bonds. The number of aromatic nitrogens is 2. The van der Waals surface area contributed by atoms with Crippen LogP contribution in [0.4, 0.5) is 10.5 Å². The summed E-state index contributed by atoms with van der Waals surface area (Å²) in [5.74, 6) is 0.586. The highest BCUT2D eigenvalue weighted by Crippen LogP contribution is 2.43. The first kappa shape index (κ1) is 22.4. The summed E-state index contributed by atoms with van der Waals surface area (Å²) in [6.45, 7) is 11.4. The number of hydrogen-bond acceptors (Lipinski definition) is 2. The van der Waals surface area contributed by atoms with E-state index >= 15 is 0 Å². The second kappa shape index (κ2) is 8.61. The Morgan fingerprint density at radius 2 is 1.72 bits per heavy atom. The van der Waals surface area contributed by atoms with E-state index in [9.17, 15) is 4.79 Å². The van der Waals surface area contributed by atoms with Gasteiger partial charge < -0.3 is 10.3 Å². The summed E-state index contributed by atoms with van der Waals surface area (Å²) in [6, 6.07) is 10.1. The van der Waals surface area contributed by atoms with Crippen LogP contribution in [-0.4, -0.2) is 22.1 Å². The third kappa shape index (κ3) is 3.78. The van der Waals surface area contributed by atoms with Crippen molar-refractivity contribution in [3.8, 4) is 0 Å². The van der Waals surface area contributed by atoms with Crippen molar-refractivity contribution in [2.45, 2.75) is 77.7 Å². The summed E-state index contributed by atoms with van der Waals surface area (Å²) in [5.41, 5.74) is 11.5. The zero-order valence-corrected chi connectivity index (χ0v) is 20.1. The van der Waals surface area contributed by atoms with Crippen molar-refractivity contribution in [1.29, 1.82) is 0 Å². The van der Waals surface area contributed by atoms with Crippen LogP contribution in [0.2, 0.25) is 0 Å². The Labute approximate surface area is 191 Å². The number of pyridine rings is 1. The highest BCUT2D eigenvalue weighted by Gasteiger charge is 2.40. The number of carbonyl (C=O) groups excluding carboxylic acids is 1. The first-order valence-electron chi connectivity index (χ1n) is 11.9. The normalized spacial score (nSPS) is 15.7. The van der Waals surface area contributed by atoms with Gasteiger partial charge in [-0.2, -0.15) is 0 Å². The Bertz CT molecular complexity index is 1100. The van der Waals surface area contributed by atoms with Gasteiger partial charge in [0.05, 0.1) is 17.8 Å². The molecule has 0 radical (unpaired) electrons. The average molecular weight is 433 g/mol. The largest absolute Gasteiger partial charge is 0.351 e. The van der Waals surface area contributed by atoms with E-state index in [4.69, 9.17) is 10.7 Å². The molecule has 1 aromatic carbocycles. The molecule has 1 fully saturated rings. The predicted molar refractivity (Wildman–Crippen MR) is 132 cm³/mol. The van der Waals surface area contributed by atoms with Gasteiger partial charge in [0.15, 0.2) is 0 Å². The summed E-state index contributed by atoms with van der Waals surface area (Å²) >= 11 is 0. The Balaban J connectivity index is 1.88. The molecule has 1 aliphatic carbocycles. The standard InChI is InChI=1S/C27H36N4O/c1-18(2)21-10-8-11-22(19(3)4)24(21)30(26(28)32)17-27(13-6-7-14-27)31-16-20(5)23-12-9-15-29-25(23)31/h8-12,15-16,18-19H,6-7,13-14,17H2,1-5H3,(H2,28,32). The van der Waals surface area contributed by atoms with E-state index in [2.05, 4.69) is 69.6 Å². The van der Waals surface area contributed by atoms with Crippen LogP contribution < -0.4 is 10.6 Å². The fourth-order valence-corrected chi connectivity index (χ4v) is 5.48. The van der Waals surface area contributed by atoms with Gasteiger partial charge in [-0.25, -0.2) is 9.78 Å². The molecule has 2 aromatic heterocycles. The Kier molecular flexibility index (Phi) is 6.02. The Hall–Kier alpha value is -2.82. The number of nitrogens with zero attached hydrogens (tertiary/aromatic N) is 3. The molecule has 3 aromatic rings. The molecule has 0 unspecified atom stereocenters. The molecule has 0 spiro atoms. The molecule has 5 nitrogen and oxygen atoms in total. The molecule has 4 rings (SSSR count). The minimum atomic E-state index is -0.382. The average Bonchev–Trinajstić information content (AvgIpc) is 3.37. The number of nitrogens with two attached hydrogens (primary N) is 1. The number of para-hydroxylation sites is 1. The van der Waals surface area contributed by atoms with E-state index in [-0.39, 0.29) is 11.6 Å². The molecule has 0 aliphatic heterocycles. The van der Waals surface area contributed by atoms with Crippen molar-refractivity contribution in [2.75, 3.05) is 11.4 Å². The lowest BCUT2D eigenvalue weighted by atomic mass is 9.90. The van der Waals surface area contributed by atoms with Crippen LogP contribution in [0.3, 0.4) is 0 Å². The molecule has 32 heavy (non-hydrogen) atoms. The van der Waals surface area contributed by atoms with Gasteiger partial charge in [0.1, 0.15) is 5.65 Å². The molecular formula is C27H36N4O. The Morgan fingerprint density at radius 3 is 2.28 bits per heavy atom. The van der Waals surface area contributed by atoms with Gasteiger partial charge in [-0.3, -0.25) is 4.90 Å². The van der Waals surface area contributed by atoms with Crippen LogP contribution in [0.1, 0.15) is 81.9 Å². The number of benzene rings is 1. The number of fused-ring (bicyclic) bond motifs is 1. The third-order valence-corrected chi connectivity index (χ3v) is 7.14. The van der Waals surface area contributed by atoms with Crippen LogP contribution in [0.25, 0.3) is 11.0 Å². The van der Waals surface area contributed by atoms with E-state index in [0.29, 0.717) is 18.4 Å². The summed E-state index contributed by atoms with van der Waals surface area (Å²) in [4.78, 5) is 19.6. The van der Waals surface area contributed by atoms with Crippen molar-refractivity contribution in [3.05, 3.63) is 59.4 Å². The van der Waals surface area contributed by atoms with Gasteiger partial charge in [-0.15, -0.1) is 0 Å². The van der Waals surface area contributed by atoms with Gasteiger partial charge in [0, 0.05) is 17.8 Å². The number of urea groups is 1. The van der Waals surface area contributed by atoms with Gasteiger partial charge >= 0.3 is 6.03 Å². The van der Waals surface area contributed by atoms with E-state index in [0.717, 1.165) is 37.0 Å². The summed E-state index contributed by atoms with van der Waals surface area (Å²) in [5, 5.41) is 1.18. The number of anilines is 1. The van der Waals surface area contributed by atoms with Gasteiger partial charge in [-0.1, -0.05) is 58.7 Å².